The lowest BCUT2D eigenvalue weighted by Gasteiger charge is -2.06. The molecule has 2 aromatic heterocycles. The average Bonchev–Trinajstić information content (AvgIpc) is 2.82. The van der Waals surface area contributed by atoms with Crippen molar-refractivity contribution in [2.24, 2.45) is 0 Å². The molecule has 0 aliphatic heterocycles. The maximum atomic E-state index is 11.7. The van der Waals surface area contributed by atoms with Crippen LogP contribution in [0.1, 0.15) is 16.9 Å². The molecule has 0 aliphatic rings. The summed E-state index contributed by atoms with van der Waals surface area (Å²) in [5, 5.41) is 4.85. The van der Waals surface area contributed by atoms with Gasteiger partial charge in [-0.25, -0.2) is 4.98 Å². The minimum atomic E-state index is 0.0141. The molecule has 0 aromatic carbocycles. The fourth-order valence-electron chi connectivity index (χ4n) is 1.50. The standard InChI is InChI=1S/C13H14N2OS/c1-10-4-2-8-14-13(10)15-12(16)7-6-11-5-3-9-17-11/h2-5,8-9H,6-7H2,1H3,(H,14,15,16). The third kappa shape index (κ3) is 3.39. The Kier molecular flexibility index (Phi) is 3.88. The van der Waals surface area contributed by atoms with Gasteiger partial charge >= 0.3 is 0 Å². The first kappa shape index (κ1) is 11.8. The number of nitrogens with zero attached hydrogens (tertiary/aromatic N) is 1. The Labute approximate surface area is 105 Å². The first-order valence-electron chi connectivity index (χ1n) is 5.49. The predicted molar refractivity (Wildman–Crippen MR) is 70.2 cm³/mol. The topological polar surface area (TPSA) is 42.0 Å². The second-order valence-corrected chi connectivity index (χ2v) is 4.83. The summed E-state index contributed by atoms with van der Waals surface area (Å²) in [4.78, 5) is 17.1. The number of thiophene rings is 1. The molecule has 0 fully saturated rings. The maximum Gasteiger partial charge on any atom is 0.225 e. The molecule has 2 rings (SSSR count). The molecule has 3 nitrogen and oxygen atoms in total. The zero-order valence-corrected chi connectivity index (χ0v) is 10.5. The van der Waals surface area contributed by atoms with E-state index in [0.717, 1.165) is 12.0 Å². The van der Waals surface area contributed by atoms with E-state index in [-0.39, 0.29) is 5.91 Å². The molecule has 88 valence electrons. The van der Waals surface area contributed by atoms with Crippen LogP contribution in [0.15, 0.2) is 35.8 Å². The molecule has 2 heterocycles. The van der Waals surface area contributed by atoms with E-state index < -0.39 is 0 Å². The van der Waals surface area contributed by atoms with E-state index in [1.54, 1.807) is 17.5 Å². The lowest BCUT2D eigenvalue weighted by molar-refractivity contribution is -0.116. The molecule has 17 heavy (non-hydrogen) atoms. The van der Waals surface area contributed by atoms with E-state index in [1.165, 1.54) is 4.88 Å². The van der Waals surface area contributed by atoms with Crippen LogP contribution in [0.4, 0.5) is 5.82 Å². The van der Waals surface area contributed by atoms with Gasteiger partial charge in [-0.05, 0) is 36.4 Å². The van der Waals surface area contributed by atoms with Crippen molar-refractivity contribution < 1.29 is 4.79 Å². The zero-order chi connectivity index (χ0) is 12.1. The number of carbonyl (C=O) groups is 1. The van der Waals surface area contributed by atoms with Crippen LogP contribution in [-0.2, 0) is 11.2 Å². The molecule has 0 unspecified atom stereocenters. The number of nitrogens with one attached hydrogen (secondary N) is 1. The van der Waals surface area contributed by atoms with Gasteiger partial charge in [0.15, 0.2) is 0 Å². The molecule has 0 bridgehead atoms. The second-order valence-electron chi connectivity index (χ2n) is 3.80. The van der Waals surface area contributed by atoms with Gasteiger partial charge in [-0.1, -0.05) is 12.1 Å². The highest BCUT2D eigenvalue weighted by atomic mass is 32.1. The number of carbonyl (C=O) groups excluding carboxylic acids is 1. The minimum Gasteiger partial charge on any atom is -0.310 e. The van der Waals surface area contributed by atoms with Gasteiger partial charge in [0.2, 0.25) is 5.91 Å². The van der Waals surface area contributed by atoms with E-state index in [1.807, 2.05) is 36.6 Å². The van der Waals surface area contributed by atoms with Crippen LogP contribution in [-0.4, -0.2) is 10.9 Å². The van der Waals surface area contributed by atoms with Crippen LogP contribution in [0, 0.1) is 6.92 Å². The molecular weight excluding hydrogens is 232 g/mol. The van der Waals surface area contributed by atoms with Gasteiger partial charge in [-0.3, -0.25) is 4.79 Å². The first-order chi connectivity index (χ1) is 8.25. The highest BCUT2D eigenvalue weighted by Gasteiger charge is 2.05. The number of rotatable bonds is 4. The van der Waals surface area contributed by atoms with Crippen LogP contribution >= 0.6 is 11.3 Å². The molecule has 4 heteroatoms. The average molecular weight is 246 g/mol. The molecule has 0 spiro atoms. The lowest BCUT2D eigenvalue weighted by Crippen LogP contribution is -2.13. The summed E-state index contributed by atoms with van der Waals surface area (Å²) >= 11 is 1.68. The molecule has 0 aliphatic carbocycles. The van der Waals surface area contributed by atoms with Gasteiger partial charge in [0.25, 0.3) is 0 Å². The van der Waals surface area contributed by atoms with Crippen LogP contribution < -0.4 is 5.32 Å². The Balaban J connectivity index is 1.87. The molecule has 0 saturated carbocycles. The SMILES string of the molecule is Cc1cccnc1NC(=O)CCc1cccs1. The molecule has 1 N–H and O–H groups in total. The van der Waals surface area contributed by atoms with Gasteiger partial charge in [-0.15, -0.1) is 11.3 Å². The molecule has 2 aromatic rings. The van der Waals surface area contributed by atoms with E-state index in [2.05, 4.69) is 10.3 Å². The first-order valence-corrected chi connectivity index (χ1v) is 6.37. The molecule has 0 saturated heterocycles. The lowest BCUT2D eigenvalue weighted by atomic mass is 10.2. The van der Waals surface area contributed by atoms with Gasteiger partial charge in [0.05, 0.1) is 0 Å². The quantitative estimate of drug-likeness (QED) is 0.901. The fraction of sp³-hybridized carbons (Fsp3) is 0.231. The van der Waals surface area contributed by atoms with Gasteiger partial charge in [-0.2, -0.15) is 0 Å². The Bertz CT molecular complexity index is 494. The third-order valence-corrected chi connectivity index (χ3v) is 3.38. The van der Waals surface area contributed by atoms with Crippen molar-refractivity contribution in [3.8, 4) is 0 Å². The predicted octanol–water partition coefficient (Wildman–Crippen LogP) is 3.02. The minimum absolute atomic E-state index is 0.0141. The number of aromatic nitrogens is 1. The molecular formula is C13H14N2OS. The third-order valence-electron chi connectivity index (χ3n) is 2.45. The Morgan fingerprint density at radius 2 is 2.29 bits per heavy atom. The highest BCUT2D eigenvalue weighted by molar-refractivity contribution is 7.09. The van der Waals surface area contributed by atoms with Gasteiger partial charge < -0.3 is 5.32 Å². The van der Waals surface area contributed by atoms with Crippen molar-refractivity contribution in [1.82, 2.24) is 4.98 Å². The van der Waals surface area contributed by atoms with Crippen LogP contribution in [0.5, 0.6) is 0 Å². The van der Waals surface area contributed by atoms with Crippen LogP contribution in [0.25, 0.3) is 0 Å². The number of pyridine rings is 1. The normalized spacial score (nSPS) is 10.2. The van der Waals surface area contributed by atoms with Crippen LogP contribution in [0.3, 0.4) is 0 Å². The van der Waals surface area contributed by atoms with Gasteiger partial charge in [0, 0.05) is 17.5 Å². The summed E-state index contributed by atoms with van der Waals surface area (Å²) < 4.78 is 0. The largest absolute Gasteiger partial charge is 0.310 e. The van der Waals surface area contributed by atoms with Crippen molar-refractivity contribution in [2.45, 2.75) is 19.8 Å². The Hall–Kier alpha value is -1.68. The summed E-state index contributed by atoms with van der Waals surface area (Å²) in [6.07, 6.45) is 2.97. The van der Waals surface area contributed by atoms with Crippen LogP contribution in [0.2, 0.25) is 0 Å². The van der Waals surface area contributed by atoms with E-state index in [4.69, 9.17) is 0 Å². The molecule has 0 radical (unpaired) electrons. The number of amides is 1. The molecule has 1 amide bonds. The van der Waals surface area contributed by atoms with Crippen molar-refractivity contribution in [1.29, 1.82) is 0 Å². The Morgan fingerprint density at radius 1 is 1.41 bits per heavy atom. The number of aryl methyl sites for hydroxylation is 2. The number of hydrogen-bond donors (Lipinski definition) is 1. The summed E-state index contributed by atoms with van der Waals surface area (Å²) in [5.74, 6) is 0.670. The zero-order valence-electron chi connectivity index (χ0n) is 9.64. The Morgan fingerprint density at radius 3 is 3.00 bits per heavy atom. The van der Waals surface area contributed by atoms with Crippen molar-refractivity contribution in [2.75, 3.05) is 5.32 Å². The smallest absolute Gasteiger partial charge is 0.225 e. The molecule has 0 atom stereocenters. The van der Waals surface area contributed by atoms with Crippen molar-refractivity contribution in [3.05, 3.63) is 46.3 Å². The van der Waals surface area contributed by atoms with E-state index in [9.17, 15) is 4.79 Å². The summed E-state index contributed by atoms with van der Waals surface area (Å²) in [7, 11) is 0. The summed E-state index contributed by atoms with van der Waals surface area (Å²) in [6.45, 7) is 1.93. The van der Waals surface area contributed by atoms with E-state index >= 15 is 0 Å². The number of hydrogen-bond acceptors (Lipinski definition) is 3. The highest BCUT2D eigenvalue weighted by Crippen LogP contribution is 2.13. The second kappa shape index (κ2) is 5.59. The summed E-state index contributed by atoms with van der Waals surface area (Å²) in [6, 6.07) is 7.84. The maximum absolute atomic E-state index is 11.7. The van der Waals surface area contributed by atoms with Crippen molar-refractivity contribution in [3.63, 3.8) is 0 Å². The van der Waals surface area contributed by atoms with Crippen molar-refractivity contribution >= 4 is 23.1 Å². The number of anilines is 1. The monoisotopic (exact) mass is 246 g/mol. The fourth-order valence-corrected chi connectivity index (χ4v) is 2.21. The van der Waals surface area contributed by atoms with Gasteiger partial charge in [0.1, 0.15) is 5.82 Å². The van der Waals surface area contributed by atoms with E-state index in [0.29, 0.717) is 12.2 Å². The summed E-state index contributed by atoms with van der Waals surface area (Å²) in [5.41, 5.74) is 0.983.